The molecule has 0 aliphatic heterocycles. The van der Waals surface area contributed by atoms with Crippen LogP contribution in [-0.4, -0.2) is 21.4 Å². The van der Waals surface area contributed by atoms with E-state index >= 15 is 0 Å². The molecular weight excluding hydrogens is 162 g/mol. The highest BCUT2D eigenvalue weighted by Gasteiger charge is 2.20. The molecule has 0 saturated heterocycles. The van der Waals surface area contributed by atoms with Crippen LogP contribution < -0.4 is 5.14 Å². The smallest absolute Gasteiger partial charge is 0.325 e. The summed E-state index contributed by atoms with van der Waals surface area (Å²) >= 11 is 3.82. The molecule has 0 spiro atoms. The van der Waals surface area contributed by atoms with Crippen LogP contribution in [0.3, 0.4) is 0 Å². The Morgan fingerprint density at radius 2 is 2.11 bits per heavy atom. The number of carbonyl (C=O) groups is 2. The normalized spacial score (nSPS) is 12.7. The molecule has 0 aromatic rings. The molecule has 0 aromatic heterocycles. The van der Waals surface area contributed by atoms with Crippen molar-refractivity contribution in [3.8, 4) is 0 Å². The van der Waals surface area contributed by atoms with Gasteiger partial charge in [-0.05, 0) is 11.9 Å². The van der Waals surface area contributed by atoms with Gasteiger partial charge in [-0.25, -0.2) is 0 Å². The topological polar surface area (TPSA) is 80.4 Å². The molecule has 0 aliphatic carbocycles. The highest BCUT2D eigenvalue weighted by molar-refractivity contribution is 8.13. The van der Waals surface area contributed by atoms with Gasteiger partial charge in [0, 0.05) is 0 Å². The van der Waals surface area contributed by atoms with Crippen molar-refractivity contribution >= 4 is 35.7 Å². The Hall–Kier alpha value is -0.200. The Morgan fingerprint density at radius 3 is 2.22 bits per heavy atom. The van der Waals surface area contributed by atoms with Crippen LogP contribution in [0.25, 0.3) is 0 Å². The average molecular weight is 167 g/mol. The molecule has 0 bridgehead atoms. The fourth-order valence-electron chi connectivity index (χ4n) is 0.165. The molecule has 1 unspecified atom stereocenters. The van der Waals surface area contributed by atoms with Crippen LogP contribution in [0.15, 0.2) is 0 Å². The Bertz CT molecular complexity index is 137. The van der Waals surface area contributed by atoms with Crippen LogP contribution in [0, 0.1) is 0 Å². The standard InChI is InChI=1S/C3H5NO3S2/c4-9-3(7)1(8)2(5)6/h1,8H,4H2,(H,5,6). The van der Waals surface area contributed by atoms with E-state index in [1.54, 1.807) is 0 Å². The third-order valence-corrected chi connectivity index (χ3v) is 1.67. The number of thiol groups is 1. The molecule has 52 valence electrons. The van der Waals surface area contributed by atoms with Crippen molar-refractivity contribution in [1.29, 1.82) is 0 Å². The van der Waals surface area contributed by atoms with Gasteiger partial charge >= 0.3 is 5.97 Å². The minimum absolute atomic E-state index is 0.365. The first-order valence-corrected chi connectivity index (χ1v) is 3.30. The fraction of sp³-hybridized carbons (Fsp3) is 0.333. The highest BCUT2D eigenvalue weighted by atomic mass is 32.2. The molecule has 6 heteroatoms. The summed E-state index contributed by atoms with van der Waals surface area (Å²) in [5.74, 6) is -1.28. The molecule has 0 saturated carbocycles. The molecule has 0 radical (unpaired) electrons. The summed E-state index contributed by atoms with van der Waals surface area (Å²) in [6.07, 6.45) is 0. The lowest BCUT2D eigenvalue weighted by Crippen LogP contribution is -2.22. The molecule has 0 heterocycles. The third kappa shape index (κ3) is 2.73. The van der Waals surface area contributed by atoms with Gasteiger partial charge in [-0.1, -0.05) is 0 Å². The van der Waals surface area contributed by atoms with Crippen LogP contribution >= 0.6 is 24.6 Å². The van der Waals surface area contributed by atoms with Gasteiger partial charge in [0.05, 0.1) is 0 Å². The van der Waals surface area contributed by atoms with Gasteiger partial charge in [0.15, 0.2) is 5.25 Å². The zero-order valence-corrected chi connectivity index (χ0v) is 5.98. The summed E-state index contributed by atoms with van der Waals surface area (Å²) in [5.41, 5.74) is 0. The molecule has 0 aliphatic rings. The van der Waals surface area contributed by atoms with E-state index in [-0.39, 0.29) is 0 Å². The van der Waals surface area contributed by atoms with Crippen LogP contribution in [0.1, 0.15) is 0 Å². The lowest BCUT2D eigenvalue weighted by Gasteiger charge is -1.97. The van der Waals surface area contributed by atoms with Gasteiger partial charge in [0.1, 0.15) is 0 Å². The van der Waals surface area contributed by atoms with Gasteiger partial charge in [0.25, 0.3) is 0 Å². The van der Waals surface area contributed by atoms with Gasteiger partial charge in [0.2, 0.25) is 5.12 Å². The van der Waals surface area contributed by atoms with Crippen molar-refractivity contribution in [2.75, 3.05) is 0 Å². The third-order valence-electron chi connectivity index (χ3n) is 0.573. The average Bonchev–Trinajstić information content (AvgIpc) is 1.84. The zero-order chi connectivity index (χ0) is 7.44. The van der Waals surface area contributed by atoms with Crippen LogP contribution in [-0.2, 0) is 9.59 Å². The summed E-state index contributed by atoms with van der Waals surface area (Å²) < 4.78 is 0. The second-order valence-electron chi connectivity index (χ2n) is 1.18. The lowest BCUT2D eigenvalue weighted by atomic mass is 10.5. The van der Waals surface area contributed by atoms with Gasteiger partial charge in [-0.2, -0.15) is 12.6 Å². The highest BCUT2D eigenvalue weighted by Crippen LogP contribution is 2.03. The first kappa shape index (κ1) is 8.80. The Balaban J connectivity index is 3.88. The van der Waals surface area contributed by atoms with Crippen molar-refractivity contribution < 1.29 is 14.7 Å². The largest absolute Gasteiger partial charge is 0.480 e. The minimum atomic E-state index is -1.31. The summed E-state index contributed by atoms with van der Waals surface area (Å²) in [7, 11) is 0. The summed E-state index contributed by atoms with van der Waals surface area (Å²) in [6, 6.07) is 0. The summed E-state index contributed by atoms with van der Waals surface area (Å²) in [5, 5.41) is 10.9. The number of carboxylic acid groups (broad SMARTS) is 1. The monoisotopic (exact) mass is 167 g/mol. The van der Waals surface area contributed by atoms with Crippen molar-refractivity contribution in [2.45, 2.75) is 5.25 Å². The maximum atomic E-state index is 10.3. The Morgan fingerprint density at radius 1 is 1.67 bits per heavy atom. The molecule has 4 nitrogen and oxygen atoms in total. The number of aliphatic carboxylic acids is 1. The number of rotatable bonds is 2. The molecule has 3 N–H and O–H groups in total. The minimum Gasteiger partial charge on any atom is -0.480 e. The van der Waals surface area contributed by atoms with E-state index in [2.05, 4.69) is 12.6 Å². The number of nitrogens with two attached hydrogens (primary N) is 1. The maximum absolute atomic E-state index is 10.3. The predicted molar refractivity (Wildman–Crippen MR) is 37.2 cm³/mol. The van der Waals surface area contributed by atoms with Gasteiger partial charge in [-0.3, -0.25) is 14.7 Å². The maximum Gasteiger partial charge on any atom is 0.325 e. The number of hydrogen-bond donors (Lipinski definition) is 3. The summed E-state index contributed by atoms with van der Waals surface area (Å²) in [6.45, 7) is 0. The van der Waals surface area contributed by atoms with E-state index in [0.29, 0.717) is 11.9 Å². The van der Waals surface area contributed by atoms with Crippen LogP contribution in [0.2, 0.25) is 0 Å². The van der Waals surface area contributed by atoms with E-state index < -0.39 is 16.3 Å². The molecule has 0 amide bonds. The van der Waals surface area contributed by atoms with E-state index in [9.17, 15) is 9.59 Å². The number of carboxylic acids is 1. The molecule has 9 heavy (non-hydrogen) atoms. The fourth-order valence-corrected chi connectivity index (χ4v) is 0.578. The Kier molecular flexibility index (Phi) is 3.67. The second-order valence-corrected chi connectivity index (χ2v) is 2.33. The van der Waals surface area contributed by atoms with Crippen molar-refractivity contribution in [3.63, 3.8) is 0 Å². The first-order valence-electron chi connectivity index (χ1n) is 1.91. The van der Waals surface area contributed by atoms with Gasteiger partial charge in [-0.15, -0.1) is 0 Å². The van der Waals surface area contributed by atoms with E-state index in [1.807, 2.05) is 0 Å². The van der Waals surface area contributed by atoms with Crippen molar-refractivity contribution in [1.82, 2.24) is 0 Å². The van der Waals surface area contributed by atoms with Crippen LogP contribution in [0.5, 0.6) is 0 Å². The van der Waals surface area contributed by atoms with Crippen molar-refractivity contribution in [2.24, 2.45) is 5.14 Å². The molecule has 0 fully saturated rings. The SMILES string of the molecule is NSC(=O)C(S)C(=O)O. The van der Waals surface area contributed by atoms with E-state index in [1.165, 1.54) is 0 Å². The molecular formula is C3H5NO3S2. The number of carbonyl (C=O) groups excluding carboxylic acids is 1. The first-order chi connectivity index (χ1) is 4.09. The zero-order valence-electron chi connectivity index (χ0n) is 4.27. The lowest BCUT2D eigenvalue weighted by molar-refractivity contribution is -0.137. The molecule has 1 atom stereocenters. The van der Waals surface area contributed by atoms with E-state index in [0.717, 1.165) is 0 Å². The number of hydrogen-bond acceptors (Lipinski definition) is 5. The second kappa shape index (κ2) is 3.76. The van der Waals surface area contributed by atoms with Crippen LogP contribution in [0.4, 0.5) is 0 Å². The van der Waals surface area contributed by atoms with Crippen molar-refractivity contribution in [3.05, 3.63) is 0 Å². The molecule has 0 aromatic carbocycles. The Labute approximate surface area is 61.3 Å². The summed E-state index contributed by atoms with van der Waals surface area (Å²) in [4.78, 5) is 20.3. The van der Waals surface area contributed by atoms with Gasteiger partial charge < -0.3 is 5.11 Å². The molecule has 0 rings (SSSR count). The predicted octanol–water partition coefficient (Wildman–Crippen LogP) is -0.497. The van der Waals surface area contributed by atoms with E-state index in [4.69, 9.17) is 10.2 Å². The quantitative estimate of drug-likeness (QED) is 0.293.